The van der Waals surface area contributed by atoms with Gasteiger partial charge in [-0.1, -0.05) is 32.4 Å². The normalized spacial score (nSPS) is 53.6. The maximum atomic E-state index is 12.2. The maximum absolute atomic E-state index is 12.2. The summed E-state index contributed by atoms with van der Waals surface area (Å²) in [7, 11) is 0. The third-order valence-electron chi connectivity index (χ3n) is 8.77. The number of aliphatic hydroxyl groups is 1. The van der Waals surface area contributed by atoms with Crippen molar-refractivity contribution in [2.75, 3.05) is 0 Å². The number of Topliss-reactive ketones (excluding diaryl/α,β-unsaturated/α-hetero) is 1. The Morgan fingerprint density at radius 3 is 2.71 bits per heavy atom. The topological polar surface area (TPSA) is 37.3 Å². The summed E-state index contributed by atoms with van der Waals surface area (Å²) in [6.45, 7) is 8.88. The van der Waals surface area contributed by atoms with Gasteiger partial charge in [-0.15, -0.1) is 0 Å². The van der Waals surface area contributed by atoms with Crippen LogP contribution in [0, 0.1) is 40.4 Å². The van der Waals surface area contributed by atoms with Crippen molar-refractivity contribution in [1.82, 2.24) is 0 Å². The highest BCUT2D eigenvalue weighted by molar-refractivity contribution is 5.79. The third kappa shape index (κ3) is 2.14. The van der Waals surface area contributed by atoms with Gasteiger partial charge in [0.1, 0.15) is 5.78 Å². The van der Waals surface area contributed by atoms with Crippen molar-refractivity contribution >= 4 is 5.78 Å². The van der Waals surface area contributed by atoms with Gasteiger partial charge in [0.15, 0.2) is 0 Å². The van der Waals surface area contributed by atoms with E-state index < -0.39 is 0 Å². The quantitative estimate of drug-likeness (QED) is 0.704. The predicted octanol–water partition coefficient (Wildman–Crippen LogP) is 4.76. The Morgan fingerprint density at radius 2 is 2.00 bits per heavy atom. The largest absolute Gasteiger partial charge is 0.393 e. The van der Waals surface area contributed by atoms with Gasteiger partial charge in [0.05, 0.1) is 6.10 Å². The van der Waals surface area contributed by atoms with Crippen molar-refractivity contribution in [3.63, 3.8) is 0 Å². The van der Waals surface area contributed by atoms with Gasteiger partial charge in [-0.2, -0.15) is 0 Å². The number of hydrogen-bond acceptors (Lipinski definition) is 2. The molecule has 1 N–H and O–H groups in total. The first-order valence-corrected chi connectivity index (χ1v) is 10.2. The first-order valence-electron chi connectivity index (χ1n) is 10.2. The summed E-state index contributed by atoms with van der Waals surface area (Å²) in [4.78, 5) is 12.2. The number of carbonyl (C=O) groups excluding carboxylic acids is 1. The second kappa shape index (κ2) is 5.43. The molecule has 0 amide bonds. The minimum Gasteiger partial charge on any atom is -0.393 e. The summed E-state index contributed by atoms with van der Waals surface area (Å²) < 4.78 is 0. The first-order chi connectivity index (χ1) is 11.3. The van der Waals surface area contributed by atoms with Crippen LogP contribution >= 0.6 is 0 Å². The van der Waals surface area contributed by atoms with Gasteiger partial charge in [-0.3, -0.25) is 4.79 Å². The molecule has 0 heterocycles. The lowest BCUT2D eigenvalue weighted by atomic mass is 9.46. The molecule has 0 radical (unpaired) electrons. The molecule has 0 saturated heterocycles. The van der Waals surface area contributed by atoms with Gasteiger partial charge in [-0.05, 0) is 86.4 Å². The highest BCUT2D eigenvalue weighted by Gasteiger charge is 2.62. The fourth-order valence-electron chi connectivity index (χ4n) is 7.64. The van der Waals surface area contributed by atoms with Crippen LogP contribution < -0.4 is 0 Å². The summed E-state index contributed by atoms with van der Waals surface area (Å²) in [6, 6.07) is 0. The molecule has 0 aromatic heterocycles. The summed E-state index contributed by atoms with van der Waals surface area (Å²) in [5.41, 5.74) is 1.85. The molecule has 2 nitrogen and oxygen atoms in total. The molecule has 4 aliphatic carbocycles. The SMILES string of the molecule is CC(=O)[C@H]1CC[C@H]2[C@@H]3CC=C4C[C@@H](C)CC[C@]4(C)[C@H]3[C@@H](O)C[C@]12C. The molecule has 0 aromatic rings. The van der Waals surface area contributed by atoms with Crippen LogP contribution in [-0.4, -0.2) is 17.0 Å². The van der Waals surface area contributed by atoms with Gasteiger partial charge in [-0.25, -0.2) is 0 Å². The van der Waals surface area contributed by atoms with Crippen LogP contribution in [0.4, 0.5) is 0 Å². The fraction of sp³-hybridized carbons (Fsp3) is 0.864. The van der Waals surface area contributed by atoms with Crippen molar-refractivity contribution in [3.05, 3.63) is 11.6 Å². The van der Waals surface area contributed by atoms with Gasteiger partial charge in [0.2, 0.25) is 0 Å². The smallest absolute Gasteiger partial charge is 0.133 e. The van der Waals surface area contributed by atoms with E-state index in [1.54, 1.807) is 12.5 Å². The van der Waals surface area contributed by atoms with E-state index in [2.05, 4.69) is 26.8 Å². The third-order valence-corrected chi connectivity index (χ3v) is 8.77. The van der Waals surface area contributed by atoms with Gasteiger partial charge in [0, 0.05) is 5.92 Å². The molecule has 0 unspecified atom stereocenters. The molecule has 0 aliphatic heterocycles. The van der Waals surface area contributed by atoms with Crippen LogP contribution in [0.3, 0.4) is 0 Å². The average Bonchev–Trinajstić information content (AvgIpc) is 2.84. The number of rotatable bonds is 1. The van der Waals surface area contributed by atoms with Crippen LogP contribution in [-0.2, 0) is 4.79 Å². The van der Waals surface area contributed by atoms with Crippen LogP contribution in [0.25, 0.3) is 0 Å². The summed E-state index contributed by atoms with van der Waals surface area (Å²) in [5, 5.41) is 11.2. The zero-order chi connectivity index (χ0) is 17.3. The second-order valence-corrected chi connectivity index (χ2v) is 10.0. The number of carbonyl (C=O) groups is 1. The van der Waals surface area contributed by atoms with Crippen molar-refractivity contribution < 1.29 is 9.90 Å². The van der Waals surface area contributed by atoms with E-state index in [1.807, 2.05) is 0 Å². The highest BCUT2D eigenvalue weighted by atomic mass is 16.3. The Balaban J connectivity index is 1.71. The molecular formula is C22H34O2. The maximum Gasteiger partial charge on any atom is 0.133 e. The second-order valence-electron chi connectivity index (χ2n) is 10.0. The molecule has 4 rings (SSSR count). The molecule has 24 heavy (non-hydrogen) atoms. The molecule has 4 aliphatic rings. The van der Waals surface area contributed by atoms with Crippen molar-refractivity contribution in [3.8, 4) is 0 Å². The molecule has 3 saturated carbocycles. The predicted molar refractivity (Wildman–Crippen MR) is 96.4 cm³/mol. The van der Waals surface area contributed by atoms with Crippen molar-refractivity contribution in [1.29, 1.82) is 0 Å². The zero-order valence-electron chi connectivity index (χ0n) is 15.8. The van der Waals surface area contributed by atoms with E-state index in [4.69, 9.17) is 0 Å². The highest BCUT2D eigenvalue weighted by Crippen LogP contribution is 2.66. The van der Waals surface area contributed by atoms with E-state index in [0.717, 1.165) is 25.2 Å². The lowest BCUT2D eigenvalue weighted by molar-refractivity contribution is -0.139. The van der Waals surface area contributed by atoms with E-state index in [1.165, 1.54) is 25.7 Å². The Kier molecular flexibility index (Phi) is 3.81. The van der Waals surface area contributed by atoms with E-state index in [-0.39, 0.29) is 22.9 Å². The standard InChI is InChI=1S/C22H34O2/c1-13-9-10-21(3)15(11-13)5-6-16-18-8-7-17(14(2)23)22(18,4)12-19(24)20(16)21/h5,13,16-20,24H,6-12H2,1-4H3/t13-,16-,17+,18-,19-,20+,21-,22+/m0/s1. The molecule has 3 fully saturated rings. The van der Waals surface area contributed by atoms with E-state index in [9.17, 15) is 9.90 Å². The molecule has 0 spiro atoms. The number of allylic oxidation sites excluding steroid dienone is 2. The monoisotopic (exact) mass is 330 g/mol. The molecule has 0 aromatic carbocycles. The molecule has 2 heteroatoms. The van der Waals surface area contributed by atoms with Gasteiger partial charge >= 0.3 is 0 Å². The fourth-order valence-corrected chi connectivity index (χ4v) is 7.64. The Bertz CT molecular complexity index is 579. The first kappa shape index (κ1) is 16.8. The summed E-state index contributed by atoms with van der Waals surface area (Å²) >= 11 is 0. The number of hydrogen-bond donors (Lipinski definition) is 1. The van der Waals surface area contributed by atoms with Gasteiger partial charge in [0.25, 0.3) is 0 Å². The summed E-state index contributed by atoms with van der Waals surface area (Å²) in [5.74, 6) is 2.91. The minimum atomic E-state index is -0.238. The number of fused-ring (bicyclic) bond motifs is 5. The Labute approximate surface area is 147 Å². The van der Waals surface area contributed by atoms with Crippen molar-refractivity contribution in [2.45, 2.75) is 78.7 Å². The lowest BCUT2D eigenvalue weighted by Crippen LogP contribution is -2.56. The van der Waals surface area contributed by atoms with E-state index in [0.29, 0.717) is 23.5 Å². The Hall–Kier alpha value is -0.630. The average molecular weight is 331 g/mol. The van der Waals surface area contributed by atoms with Crippen molar-refractivity contribution in [2.24, 2.45) is 40.4 Å². The minimum absolute atomic E-state index is 0.0239. The molecule has 134 valence electrons. The van der Waals surface area contributed by atoms with Crippen LogP contribution in [0.15, 0.2) is 11.6 Å². The molecular weight excluding hydrogens is 296 g/mol. The lowest BCUT2D eigenvalue weighted by Gasteiger charge is -2.59. The summed E-state index contributed by atoms with van der Waals surface area (Å²) in [6.07, 6.45) is 10.2. The van der Waals surface area contributed by atoms with E-state index >= 15 is 0 Å². The Morgan fingerprint density at radius 1 is 1.25 bits per heavy atom. The van der Waals surface area contributed by atoms with Crippen LogP contribution in [0.5, 0.6) is 0 Å². The number of aliphatic hydroxyl groups excluding tert-OH is 1. The molecule has 8 atom stereocenters. The zero-order valence-corrected chi connectivity index (χ0v) is 15.8. The molecule has 0 bridgehead atoms. The van der Waals surface area contributed by atoms with Crippen LogP contribution in [0.2, 0.25) is 0 Å². The van der Waals surface area contributed by atoms with Crippen LogP contribution in [0.1, 0.15) is 72.6 Å². The van der Waals surface area contributed by atoms with Gasteiger partial charge < -0.3 is 5.11 Å². The number of ketones is 1.